The summed E-state index contributed by atoms with van der Waals surface area (Å²) in [5.41, 5.74) is 1.41. The molecule has 1 aromatic carbocycles. The summed E-state index contributed by atoms with van der Waals surface area (Å²) in [5.74, 6) is 0.785. The monoisotopic (exact) mass is 233 g/mol. The average molecular weight is 233 g/mol. The third-order valence-corrected chi connectivity index (χ3v) is 3.83. The molecule has 0 fully saturated rings. The van der Waals surface area contributed by atoms with Crippen LogP contribution in [0.2, 0.25) is 0 Å². The molecule has 1 rings (SSSR count). The molecule has 1 heteroatoms. The number of rotatable bonds is 7. The fourth-order valence-corrected chi connectivity index (χ4v) is 2.58. The lowest BCUT2D eigenvalue weighted by Crippen LogP contribution is -2.35. The lowest BCUT2D eigenvalue weighted by molar-refractivity contribution is 0.319. The van der Waals surface area contributed by atoms with E-state index in [4.69, 9.17) is 0 Å². The van der Waals surface area contributed by atoms with Gasteiger partial charge in [-0.1, -0.05) is 63.9 Å². The van der Waals surface area contributed by atoms with Crippen molar-refractivity contribution in [3.63, 3.8) is 0 Å². The van der Waals surface area contributed by atoms with Crippen LogP contribution in [-0.2, 0) is 0 Å². The van der Waals surface area contributed by atoms with Crippen LogP contribution in [0.5, 0.6) is 0 Å². The first-order valence-electron chi connectivity index (χ1n) is 7.03. The fraction of sp³-hybridized carbons (Fsp3) is 0.625. The van der Waals surface area contributed by atoms with Crippen molar-refractivity contribution in [2.75, 3.05) is 0 Å². The Kier molecular flexibility index (Phi) is 6.28. The molecule has 0 saturated carbocycles. The minimum atomic E-state index is 0.492. The van der Waals surface area contributed by atoms with Crippen LogP contribution in [0.1, 0.15) is 58.6 Å². The number of hydrogen-bond donors (Lipinski definition) is 1. The van der Waals surface area contributed by atoms with Crippen LogP contribution in [0.3, 0.4) is 0 Å². The molecule has 0 aliphatic rings. The van der Waals surface area contributed by atoms with Gasteiger partial charge in [0.2, 0.25) is 0 Å². The van der Waals surface area contributed by atoms with Crippen LogP contribution in [0.25, 0.3) is 0 Å². The van der Waals surface area contributed by atoms with Crippen molar-refractivity contribution in [3.8, 4) is 0 Å². The van der Waals surface area contributed by atoms with Crippen LogP contribution in [0.15, 0.2) is 30.3 Å². The van der Waals surface area contributed by atoms with E-state index in [1.807, 2.05) is 0 Å². The standard InChI is InChI=1S/C16H27N/c1-5-14(6-2)13(4)17-16(7-3)15-11-9-8-10-12-15/h8-14,16-17H,5-7H2,1-4H3. The molecular weight excluding hydrogens is 206 g/mol. The Morgan fingerprint density at radius 1 is 0.941 bits per heavy atom. The lowest BCUT2D eigenvalue weighted by atomic mass is 9.93. The Morgan fingerprint density at radius 2 is 1.53 bits per heavy atom. The summed E-state index contributed by atoms with van der Waals surface area (Å²) >= 11 is 0. The maximum absolute atomic E-state index is 3.78. The van der Waals surface area contributed by atoms with Gasteiger partial charge in [0, 0.05) is 12.1 Å². The Balaban J connectivity index is 2.64. The van der Waals surface area contributed by atoms with Gasteiger partial charge in [-0.15, -0.1) is 0 Å². The summed E-state index contributed by atoms with van der Waals surface area (Å²) in [6.07, 6.45) is 3.67. The zero-order chi connectivity index (χ0) is 12.7. The minimum Gasteiger partial charge on any atom is -0.307 e. The predicted molar refractivity (Wildman–Crippen MR) is 76.1 cm³/mol. The Morgan fingerprint density at radius 3 is 2.00 bits per heavy atom. The van der Waals surface area contributed by atoms with Crippen LogP contribution in [0, 0.1) is 5.92 Å². The van der Waals surface area contributed by atoms with E-state index in [1.165, 1.54) is 18.4 Å². The first-order valence-corrected chi connectivity index (χ1v) is 7.03. The van der Waals surface area contributed by atoms with E-state index in [9.17, 15) is 0 Å². The molecule has 0 bridgehead atoms. The van der Waals surface area contributed by atoms with Crippen LogP contribution in [-0.4, -0.2) is 6.04 Å². The third-order valence-electron chi connectivity index (χ3n) is 3.83. The quantitative estimate of drug-likeness (QED) is 0.728. The van der Waals surface area contributed by atoms with E-state index in [2.05, 4.69) is 63.3 Å². The Labute approximate surface area is 107 Å². The second-order valence-electron chi connectivity index (χ2n) is 4.90. The summed E-state index contributed by atoms with van der Waals surface area (Å²) in [7, 11) is 0. The molecule has 1 aromatic rings. The third kappa shape index (κ3) is 4.16. The second kappa shape index (κ2) is 7.50. The predicted octanol–water partition coefficient (Wildman–Crippen LogP) is 4.55. The van der Waals surface area contributed by atoms with Gasteiger partial charge >= 0.3 is 0 Å². The normalized spacial score (nSPS) is 14.9. The Hall–Kier alpha value is -0.820. The van der Waals surface area contributed by atoms with E-state index in [-0.39, 0.29) is 0 Å². The van der Waals surface area contributed by atoms with Crippen molar-refractivity contribution in [2.45, 2.75) is 59.0 Å². The number of nitrogens with one attached hydrogen (secondary N) is 1. The van der Waals surface area contributed by atoms with E-state index in [1.54, 1.807) is 0 Å². The summed E-state index contributed by atoms with van der Waals surface area (Å²) in [5, 5.41) is 3.78. The summed E-state index contributed by atoms with van der Waals surface area (Å²) in [6.45, 7) is 9.15. The maximum Gasteiger partial charge on any atom is 0.0320 e. The molecule has 0 aliphatic heterocycles. The molecular formula is C16H27N. The smallest absolute Gasteiger partial charge is 0.0320 e. The second-order valence-corrected chi connectivity index (χ2v) is 4.90. The van der Waals surface area contributed by atoms with Crippen molar-refractivity contribution < 1.29 is 0 Å². The highest BCUT2D eigenvalue weighted by Gasteiger charge is 2.17. The van der Waals surface area contributed by atoms with Crippen molar-refractivity contribution >= 4 is 0 Å². The SMILES string of the molecule is CCC(NC(C)C(CC)CC)c1ccccc1. The molecule has 0 aliphatic carbocycles. The lowest BCUT2D eigenvalue weighted by Gasteiger charge is -2.28. The topological polar surface area (TPSA) is 12.0 Å². The van der Waals surface area contributed by atoms with Crippen LogP contribution >= 0.6 is 0 Å². The Bertz CT molecular complexity index is 290. The zero-order valence-corrected chi connectivity index (χ0v) is 11.7. The van der Waals surface area contributed by atoms with Gasteiger partial charge in [-0.3, -0.25) is 0 Å². The van der Waals surface area contributed by atoms with Gasteiger partial charge in [0.15, 0.2) is 0 Å². The van der Waals surface area contributed by atoms with E-state index in [0.717, 1.165) is 12.3 Å². The highest BCUT2D eigenvalue weighted by atomic mass is 14.9. The van der Waals surface area contributed by atoms with Gasteiger partial charge in [-0.25, -0.2) is 0 Å². The largest absolute Gasteiger partial charge is 0.307 e. The highest BCUT2D eigenvalue weighted by molar-refractivity contribution is 5.18. The highest BCUT2D eigenvalue weighted by Crippen LogP contribution is 2.20. The number of benzene rings is 1. The van der Waals surface area contributed by atoms with Gasteiger partial charge in [-0.2, -0.15) is 0 Å². The molecule has 0 heterocycles. The van der Waals surface area contributed by atoms with E-state index < -0.39 is 0 Å². The van der Waals surface area contributed by atoms with Crippen molar-refractivity contribution in [3.05, 3.63) is 35.9 Å². The molecule has 96 valence electrons. The summed E-state index contributed by atoms with van der Waals surface area (Å²) in [4.78, 5) is 0. The summed E-state index contributed by atoms with van der Waals surface area (Å²) in [6, 6.07) is 11.9. The maximum atomic E-state index is 3.78. The van der Waals surface area contributed by atoms with Crippen LogP contribution in [0.4, 0.5) is 0 Å². The van der Waals surface area contributed by atoms with E-state index in [0.29, 0.717) is 12.1 Å². The molecule has 0 aromatic heterocycles. The number of hydrogen-bond acceptors (Lipinski definition) is 1. The summed E-state index contributed by atoms with van der Waals surface area (Å²) < 4.78 is 0. The minimum absolute atomic E-state index is 0.492. The van der Waals surface area contributed by atoms with Crippen molar-refractivity contribution in [1.29, 1.82) is 0 Å². The van der Waals surface area contributed by atoms with Gasteiger partial charge in [0.25, 0.3) is 0 Å². The van der Waals surface area contributed by atoms with Crippen molar-refractivity contribution in [1.82, 2.24) is 5.32 Å². The first kappa shape index (κ1) is 14.2. The molecule has 1 nitrogen and oxygen atoms in total. The molecule has 0 spiro atoms. The molecule has 2 atom stereocenters. The van der Waals surface area contributed by atoms with Crippen molar-refractivity contribution in [2.24, 2.45) is 5.92 Å². The molecule has 0 radical (unpaired) electrons. The first-order chi connectivity index (χ1) is 8.22. The molecule has 0 amide bonds. The molecule has 1 N–H and O–H groups in total. The molecule has 0 saturated heterocycles. The van der Waals surface area contributed by atoms with Gasteiger partial charge in [-0.05, 0) is 24.8 Å². The average Bonchev–Trinajstić information content (AvgIpc) is 2.38. The molecule has 17 heavy (non-hydrogen) atoms. The van der Waals surface area contributed by atoms with E-state index >= 15 is 0 Å². The zero-order valence-electron chi connectivity index (χ0n) is 11.7. The van der Waals surface area contributed by atoms with Gasteiger partial charge < -0.3 is 5.32 Å². The van der Waals surface area contributed by atoms with Gasteiger partial charge in [0.1, 0.15) is 0 Å². The van der Waals surface area contributed by atoms with Crippen LogP contribution < -0.4 is 5.32 Å². The van der Waals surface area contributed by atoms with Gasteiger partial charge in [0.05, 0.1) is 0 Å². The molecule has 2 unspecified atom stereocenters. The fourth-order valence-electron chi connectivity index (χ4n) is 2.58.